The van der Waals surface area contributed by atoms with Crippen molar-refractivity contribution in [3.8, 4) is 0 Å². The first-order valence-corrected chi connectivity index (χ1v) is 5.82. The Morgan fingerprint density at radius 1 is 1.56 bits per heavy atom. The second kappa shape index (κ2) is 5.41. The van der Waals surface area contributed by atoms with Gasteiger partial charge in [0.25, 0.3) is 0 Å². The molecule has 1 aromatic carbocycles. The van der Waals surface area contributed by atoms with E-state index in [0.717, 1.165) is 31.6 Å². The summed E-state index contributed by atoms with van der Waals surface area (Å²) in [6.07, 6.45) is 1.93. The molecule has 2 unspecified atom stereocenters. The molecular formula is C13H18FNO. The molecule has 1 aliphatic heterocycles. The minimum absolute atomic E-state index is 0.158. The molecule has 2 nitrogen and oxygen atoms in total. The highest BCUT2D eigenvalue weighted by Gasteiger charge is 2.17. The molecule has 1 fully saturated rings. The van der Waals surface area contributed by atoms with E-state index in [9.17, 15) is 4.39 Å². The summed E-state index contributed by atoms with van der Waals surface area (Å²) in [4.78, 5) is 0. The summed E-state index contributed by atoms with van der Waals surface area (Å²) < 4.78 is 18.3. The van der Waals surface area contributed by atoms with Crippen LogP contribution in [0.2, 0.25) is 0 Å². The molecule has 0 radical (unpaired) electrons. The molecule has 1 aromatic rings. The fraction of sp³-hybridized carbons (Fsp3) is 0.538. The molecule has 0 bridgehead atoms. The fourth-order valence-electron chi connectivity index (χ4n) is 2.14. The summed E-state index contributed by atoms with van der Waals surface area (Å²) in [6.45, 7) is 3.78. The van der Waals surface area contributed by atoms with Crippen LogP contribution in [0.3, 0.4) is 0 Å². The van der Waals surface area contributed by atoms with E-state index in [1.807, 2.05) is 6.07 Å². The Morgan fingerprint density at radius 3 is 3.12 bits per heavy atom. The number of benzene rings is 1. The van der Waals surface area contributed by atoms with Crippen LogP contribution in [0.25, 0.3) is 0 Å². The van der Waals surface area contributed by atoms with Crippen molar-refractivity contribution in [2.45, 2.75) is 31.8 Å². The van der Waals surface area contributed by atoms with Gasteiger partial charge in [0.05, 0.1) is 6.61 Å². The van der Waals surface area contributed by atoms with Crippen LogP contribution < -0.4 is 5.32 Å². The lowest BCUT2D eigenvalue weighted by atomic mass is 10.1. The van der Waals surface area contributed by atoms with Crippen molar-refractivity contribution in [2.75, 3.05) is 13.2 Å². The van der Waals surface area contributed by atoms with Crippen molar-refractivity contribution in [3.05, 3.63) is 35.6 Å². The SMILES string of the molecule is CC(Cc1cccc(F)c1)NC1CCOC1. The van der Waals surface area contributed by atoms with Gasteiger partial charge in [-0.2, -0.15) is 0 Å². The third kappa shape index (κ3) is 3.29. The second-order valence-electron chi connectivity index (χ2n) is 4.46. The Balaban J connectivity index is 1.84. The summed E-state index contributed by atoms with van der Waals surface area (Å²) in [7, 11) is 0. The quantitative estimate of drug-likeness (QED) is 0.844. The highest BCUT2D eigenvalue weighted by molar-refractivity contribution is 5.17. The topological polar surface area (TPSA) is 21.3 Å². The predicted octanol–water partition coefficient (Wildman–Crippen LogP) is 2.14. The average Bonchev–Trinajstić information content (AvgIpc) is 2.70. The van der Waals surface area contributed by atoms with Crippen molar-refractivity contribution in [1.82, 2.24) is 5.32 Å². The highest BCUT2D eigenvalue weighted by Crippen LogP contribution is 2.09. The zero-order chi connectivity index (χ0) is 11.4. The van der Waals surface area contributed by atoms with Crippen molar-refractivity contribution in [3.63, 3.8) is 0 Å². The van der Waals surface area contributed by atoms with Crippen LogP contribution in [0.4, 0.5) is 4.39 Å². The molecule has 16 heavy (non-hydrogen) atoms. The van der Waals surface area contributed by atoms with Crippen LogP contribution in [-0.4, -0.2) is 25.3 Å². The molecule has 0 spiro atoms. The third-order valence-electron chi connectivity index (χ3n) is 2.88. The molecule has 3 heteroatoms. The molecule has 1 N–H and O–H groups in total. The number of ether oxygens (including phenoxy) is 1. The van der Waals surface area contributed by atoms with Gasteiger partial charge in [0.2, 0.25) is 0 Å². The maximum Gasteiger partial charge on any atom is 0.123 e. The first-order valence-electron chi connectivity index (χ1n) is 5.82. The van der Waals surface area contributed by atoms with Gasteiger partial charge in [0.1, 0.15) is 5.82 Å². The van der Waals surface area contributed by atoms with Gasteiger partial charge < -0.3 is 10.1 Å². The first kappa shape index (κ1) is 11.6. The van der Waals surface area contributed by atoms with E-state index >= 15 is 0 Å². The van der Waals surface area contributed by atoms with E-state index in [1.54, 1.807) is 12.1 Å². The number of nitrogens with one attached hydrogen (secondary N) is 1. The number of hydrogen-bond acceptors (Lipinski definition) is 2. The standard InChI is InChI=1S/C13H18FNO/c1-10(15-13-5-6-16-9-13)7-11-3-2-4-12(14)8-11/h2-4,8,10,13,15H,5-7,9H2,1H3. The van der Waals surface area contributed by atoms with Gasteiger partial charge in [-0.3, -0.25) is 0 Å². The lowest BCUT2D eigenvalue weighted by Gasteiger charge is -2.18. The summed E-state index contributed by atoms with van der Waals surface area (Å²) in [5.74, 6) is -0.158. The molecule has 0 aliphatic carbocycles. The lowest BCUT2D eigenvalue weighted by Crippen LogP contribution is -2.38. The van der Waals surface area contributed by atoms with Crippen LogP contribution in [0, 0.1) is 5.82 Å². The molecule has 0 saturated carbocycles. The summed E-state index contributed by atoms with van der Waals surface area (Å²) in [5.41, 5.74) is 1.04. The Labute approximate surface area is 95.8 Å². The maximum absolute atomic E-state index is 13.0. The van der Waals surface area contributed by atoms with Gasteiger partial charge in [-0.25, -0.2) is 4.39 Å². The lowest BCUT2D eigenvalue weighted by molar-refractivity contribution is 0.188. The van der Waals surface area contributed by atoms with E-state index in [-0.39, 0.29) is 5.82 Å². The molecule has 2 atom stereocenters. The van der Waals surface area contributed by atoms with Crippen LogP contribution in [0.1, 0.15) is 18.9 Å². The highest BCUT2D eigenvalue weighted by atomic mass is 19.1. The molecule has 1 saturated heterocycles. The number of halogens is 1. The Hall–Kier alpha value is -0.930. The van der Waals surface area contributed by atoms with E-state index in [0.29, 0.717) is 12.1 Å². The van der Waals surface area contributed by atoms with Crippen molar-refractivity contribution in [2.24, 2.45) is 0 Å². The zero-order valence-electron chi connectivity index (χ0n) is 9.58. The van der Waals surface area contributed by atoms with Gasteiger partial charge in [0.15, 0.2) is 0 Å². The molecule has 1 aliphatic rings. The number of hydrogen-bond donors (Lipinski definition) is 1. The van der Waals surface area contributed by atoms with Crippen molar-refractivity contribution < 1.29 is 9.13 Å². The van der Waals surface area contributed by atoms with Crippen LogP contribution in [0.5, 0.6) is 0 Å². The molecule has 2 rings (SSSR count). The van der Waals surface area contributed by atoms with Gasteiger partial charge in [-0.05, 0) is 37.5 Å². The van der Waals surface area contributed by atoms with Crippen LogP contribution in [0.15, 0.2) is 24.3 Å². The zero-order valence-corrected chi connectivity index (χ0v) is 9.58. The minimum atomic E-state index is -0.158. The second-order valence-corrected chi connectivity index (χ2v) is 4.46. The van der Waals surface area contributed by atoms with E-state index in [2.05, 4.69) is 12.2 Å². The minimum Gasteiger partial charge on any atom is -0.380 e. The van der Waals surface area contributed by atoms with Crippen LogP contribution in [-0.2, 0) is 11.2 Å². The summed E-state index contributed by atoms with van der Waals surface area (Å²) in [5, 5.41) is 3.50. The van der Waals surface area contributed by atoms with Gasteiger partial charge in [0, 0.05) is 18.7 Å². The Kier molecular flexibility index (Phi) is 3.91. The smallest absolute Gasteiger partial charge is 0.123 e. The van der Waals surface area contributed by atoms with Crippen LogP contribution >= 0.6 is 0 Å². The molecule has 0 aromatic heterocycles. The molecular weight excluding hydrogens is 205 g/mol. The van der Waals surface area contributed by atoms with E-state index in [1.165, 1.54) is 6.07 Å². The Bertz CT molecular complexity index is 336. The Morgan fingerprint density at radius 2 is 2.44 bits per heavy atom. The fourth-order valence-corrected chi connectivity index (χ4v) is 2.14. The number of rotatable bonds is 4. The summed E-state index contributed by atoms with van der Waals surface area (Å²) >= 11 is 0. The maximum atomic E-state index is 13.0. The van der Waals surface area contributed by atoms with Crippen molar-refractivity contribution >= 4 is 0 Å². The van der Waals surface area contributed by atoms with Crippen molar-refractivity contribution in [1.29, 1.82) is 0 Å². The predicted molar refractivity (Wildman–Crippen MR) is 61.9 cm³/mol. The average molecular weight is 223 g/mol. The largest absolute Gasteiger partial charge is 0.380 e. The third-order valence-corrected chi connectivity index (χ3v) is 2.88. The summed E-state index contributed by atoms with van der Waals surface area (Å²) in [6, 6.07) is 7.62. The molecule has 88 valence electrons. The van der Waals surface area contributed by atoms with Gasteiger partial charge in [-0.1, -0.05) is 12.1 Å². The normalized spacial score (nSPS) is 22.2. The monoisotopic (exact) mass is 223 g/mol. The molecule has 1 heterocycles. The molecule has 0 amide bonds. The van der Waals surface area contributed by atoms with E-state index < -0.39 is 0 Å². The van der Waals surface area contributed by atoms with Gasteiger partial charge >= 0.3 is 0 Å². The van der Waals surface area contributed by atoms with E-state index in [4.69, 9.17) is 4.74 Å². The first-order chi connectivity index (χ1) is 7.74. The van der Waals surface area contributed by atoms with Gasteiger partial charge in [-0.15, -0.1) is 0 Å².